The topological polar surface area (TPSA) is 35.5 Å². The summed E-state index contributed by atoms with van der Waals surface area (Å²) in [6, 6.07) is 0.601. The molecule has 0 heterocycles. The predicted molar refractivity (Wildman–Crippen MR) is 87.0 cm³/mol. The first-order valence-corrected chi connectivity index (χ1v) is 8.56. The van der Waals surface area contributed by atoms with Gasteiger partial charge < -0.3 is 15.3 Å². The summed E-state index contributed by atoms with van der Waals surface area (Å²) in [5.41, 5.74) is 0.156. The maximum absolute atomic E-state index is 9.77. The van der Waals surface area contributed by atoms with E-state index in [9.17, 15) is 5.11 Å². The minimum Gasteiger partial charge on any atom is -0.396 e. The third-order valence-electron chi connectivity index (χ3n) is 5.36. The zero-order valence-corrected chi connectivity index (χ0v) is 14.1. The predicted octanol–water partition coefficient (Wildman–Crippen LogP) is 2.89. The Morgan fingerprint density at radius 1 is 1.10 bits per heavy atom. The Bertz CT molecular complexity index is 245. The second-order valence-corrected chi connectivity index (χ2v) is 6.96. The summed E-state index contributed by atoms with van der Waals surface area (Å²) in [6.07, 6.45) is 8.77. The van der Waals surface area contributed by atoms with Crippen molar-refractivity contribution in [2.75, 3.05) is 33.8 Å². The van der Waals surface area contributed by atoms with Crippen LogP contribution in [0.3, 0.4) is 0 Å². The fraction of sp³-hybridized carbons (Fsp3) is 1.00. The highest BCUT2D eigenvalue weighted by Crippen LogP contribution is 2.35. The first kappa shape index (κ1) is 17.9. The zero-order valence-electron chi connectivity index (χ0n) is 14.1. The molecule has 0 radical (unpaired) electrons. The number of aliphatic hydroxyl groups excluding tert-OH is 1. The summed E-state index contributed by atoms with van der Waals surface area (Å²) in [7, 11) is 4.38. The Morgan fingerprint density at radius 3 is 2.15 bits per heavy atom. The van der Waals surface area contributed by atoms with Gasteiger partial charge in [-0.05, 0) is 32.9 Å². The van der Waals surface area contributed by atoms with E-state index in [0.717, 1.165) is 19.0 Å². The van der Waals surface area contributed by atoms with Crippen LogP contribution in [0, 0.1) is 11.3 Å². The van der Waals surface area contributed by atoms with E-state index in [2.05, 4.69) is 38.2 Å². The lowest BCUT2D eigenvalue weighted by Gasteiger charge is -2.37. The molecule has 0 aromatic rings. The highest BCUT2D eigenvalue weighted by atomic mass is 16.3. The number of hydrogen-bond acceptors (Lipinski definition) is 3. The van der Waals surface area contributed by atoms with Crippen LogP contribution in [0.15, 0.2) is 0 Å². The van der Waals surface area contributed by atoms with Crippen LogP contribution in [-0.4, -0.2) is 49.8 Å². The molecule has 1 fully saturated rings. The molecular formula is C17H36N2O. The van der Waals surface area contributed by atoms with E-state index in [4.69, 9.17) is 0 Å². The van der Waals surface area contributed by atoms with E-state index in [1.165, 1.54) is 44.9 Å². The molecule has 0 aliphatic heterocycles. The first-order valence-electron chi connectivity index (χ1n) is 8.56. The van der Waals surface area contributed by atoms with E-state index in [1.807, 2.05) is 0 Å². The largest absolute Gasteiger partial charge is 0.396 e. The second-order valence-electron chi connectivity index (χ2n) is 6.96. The lowest BCUT2D eigenvalue weighted by atomic mass is 9.74. The Balaban J connectivity index is 2.46. The van der Waals surface area contributed by atoms with Crippen LogP contribution < -0.4 is 5.32 Å². The molecular weight excluding hydrogens is 248 g/mol. The summed E-state index contributed by atoms with van der Waals surface area (Å²) in [5.74, 6) is 0.758. The quantitative estimate of drug-likeness (QED) is 0.683. The first-order chi connectivity index (χ1) is 9.58. The van der Waals surface area contributed by atoms with Crippen LogP contribution in [0.2, 0.25) is 0 Å². The van der Waals surface area contributed by atoms with Crippen molar-refractivity contribution < 1.29 is 5.11 Å². The van der Waals surface area contributed by atoms with Gasteiger partial charge >= 0.3 is 0 Å². The molecule has 3 heteroatoms. The standard InChI is InChI=1S/C17H36N2O/c1-5-15(6-2)16(19(3)4)12-18-13-17(14-20)10-8-7-9-11-17/h15-16,18,20H,5-14H2,1-4H3. The van der Waals surface area contributed by atoms with Gasteiger partial charge in [0.1, 0.15) is 0 Å². The molecule has 1 rings (SSSR count). The Kier molecular flexibility index (Phi) is 8.08. The Labute approximate surface area is 126 Å². The lowest BCUT2D eigenvalue weighted by Crippen LogP contribution is -2.47. The normalized spacial score (nSPS) is 20.6. The van der Waals surface area contributed by atoms with E-state index in [-0.39, 0.29) is 5.41 Å². The number of aliphatic hydroxyl groups is 1. The monoisotopic (exact) mass is 284 g/mol. The molecule has 0 bridgehead atoms. The summed E-state index contributed by atoms with van der Waals surface area (Å²) >= 11 is 0. The summed E-state index contributed by atoms with van der Waals surface area (Å²) in [5, 5.41) is 13.4. The molecule has 0 saturated heterocycles. The third kappa shape index (κ3) is 5.01. The summed E-state index contributed by atoms with van der Waals surface area (Å²) in [6.45, 7) is 6.95. The number of nitrogens with one attached hydrogen (secondary N) is 1. The van der Waals surface area contributed by atoms with Crippen LogP contribution in [0.25, 0.3) is 0 Å². The Hall–Kier alpha value is -0.120. The van der Waals surface area contributed by atoms with Gasteiger partial charge in [-0.1, -0.05) is 46.0 Å². The number of likely N-dealkylation sites (N-methyl/N-ethyl adjacent to an activating group) is 1. The fourth-order valence-corrected chi connectivity index (χ4v) is 3.78. The molecule has 0 amide bonds. The third-order valence-corrected chi connectivity index (χ3v) is 5.36. The SMILES string of the molecule is CCC(CC)C(CNCC1(CO)CCCCC1)N(C)C. The van der Waals surface area contributed by atoms with Crippen LogP contribution >= 0.6 is 0 Å². The number of nitrogens with zero attached hydrogens (tertiary/aromatic N) is 1. The molecule has 1 aliphatic carbocycles. The van der Waals surface area contributed by atoms with Crippen LogP contribution in [-0.2, 0) is 0 Å². The van der Waals surface area contributed by atoms with Crippen molar-refractivity contribution in [2.24, 2.45) is 11.3 Å². The van der Waals surface area contributed by atoms with E-state index < -0.39 is 0 Å². The maximum atomic E-state index is 9.77. The van der Waals surface area contributed by atoms with Gasteiger partial charge in [0, 0.05) is 31.2 Å². The van der Waals surface area contributed by atoms with Crippen molar-refractivity contribution in [1.29, 1.82) is 0 Å². The van der Waals surface area contributed by atoms with Crippen molar-refractivity contribution >= 4 is 0 Å². The lowest BCUT2D eigenvalue weighted by molar-refractivity contribution is 0.0774. The fourth-order valence-electron chi connectivity index (χ4n) is 3.78. The highest BCUT2D eigenvalue weighted by Gasteiger charge is 2.31. The van der Waals surface area contributed by atoms with Gasteiger partial charge in [-0.3, -0.25) is 0 Å². The molecule has 1 saturated carbocycles. The molecule has 2 N–H and O–H groups in total. The second kappa shape index (κ2) is 9.01. The minimum atomic E-state index is 0.156. The van der Waals surface area contributed by atoms with Crippen LogP contribution in [0.1, 0.15) is 58.8 Å². The minimum absolute atomic E-state index is 0.156. The van der Waals surface area contributed by atoms with Crippen LogP contribution in [0.4, 0.5) is 0 Å². The van der Waals surface area contributed by atoms with E-state index in [1.54, 1.807) is 0 Å². The van der Waals surface area contributed by atoms with Gasteiger partial charge in [0.15, 0.2) is 0 Å². The van der Waals surface area contributed by atoms with Gasteiger partial charge in [-0.2, -0.15) is 0 Å². The molecule has 1 atom stereocenters. The van der Waals surface area contributed by atoms with Crippen molar-refractivity contribution in [2.45, 2.75) is 64.8 Å². The van der Waals surface area contributed by atoms with Crippen molar-refractivity contribution in [3.63, 3.8) is 0 Å². The average Bonchev–Trinajstić information content (AvgIpc) is 2.47. The molecule has 0 aromatic heterocycles. The van der Waals surface area contributed by atoms with Gasteiger partial charge in [0.2, 0.25) is 0 Å². The molecule has 120 valence electrons. The molecule has 0 aromatic carbocycles. The molecule has 1 unspecified atom stereocenters. The van der Waals surface area contributed by atoms with E-state index in [0.29, 0.717) is 12.6 Å². The van der Waals surface area contributed by atoms with Gasteiger partial charge in [-0.15, -0.1) is 0 Å². The molecule has 1 aliphatic rings. The highest BCUT2D eigenvalue weighted by molar-refractivity contribution is 4.86. The zero-order chi connectivity index (χ0) is 15.0. The van der Waals surface area contributed by atoms with Crippen molar-refractivity contribution in [3.05, 3.63) is 0 Å². The van der Waals surface area contributed by atoms with E-state index >= 15 is 0 Å². The molecule has 3 nitrogen and oxygen atoms in total. The van der Waals surface area contributed by atoms with Gasteiger partial charge in [-0.25, -0.2) is 0 Å². The summed E-state index contributed by atoms with van der Waals surface area (Å²) in [4.78, 5) is 2.36. The smallest absolute Gasteiger partial charge is 0.0499 e. The molecule has 0 spiro atoms. The summed E-state index contributed by atoms with van der Waals surface area (Å²) < 4.78 is 0. The molecule has 20 heavy (non-hydrogen) atoms. The van der Waals surface area contributed by atoms with Crippen molar-refractivity contribution in [1.82, 2.24) is 10.2 Å². The maximum Gasteiger partial charge on any atom is 0.0499 e. The van der Waals surface area contributed by atoms with Crippen molar-refractivity contribution in [3.8, 4) is 0 Å². The average molecular weight is 284 g/mol. The van der Waals surface area contributed by atoms with Gasteiger partial charge in [0.05, 0.1) is 0 Å². The van der Waals surface area contributed by atoms with Gasteiger partial charge in [0.25, 0.3) is 0 Å². The Morgan fingerprint density at radius 2 is 1.70 bits per heavy atom. The number of rotatable bonds is 9. The number of hydrogen-bond donors (Lipinski definition) is 2. The van der Waals surface area contributed by atoms with Crippen LogP contribution in [0.5, 0.6) is 0 Å².